The van der Waals surface area contributed by atoms with Crippen molar-refractivity contribution >= 4 is 17.9 Å². The lowest BCUT2D eigenvalue weighted by Crippen LogP contribution is -2.35. The van der Waals surface area contributed by atoms with E-state index >= 15 is 0 Å². The van der Waals surface area contributed by atoms with Crippen molar-refractivity contribution < 1.29 is 19.1 Å². The molecule has 4 aromatic rings. The first-order chi connectivity index (χ1) is 18.1. The van der Waals surface area contributed by atoms with Gasteiger partial charge in [-0.3, -0.25) is 14.5 Å². The third-order valence-corrected chi connectivity index (χ3v) is 6.27. The minimum Gasteiger partial charge on any atom is -0.445 e. The maximum atomic E-state index is 13.2. The Hall–Kier alpha value is -4.72. The van der Waals surface area contributed by atoms with Crippen LogP contribution in [0.25, 0.3) is 11.3 Å². The smallest absolute Gasteiger partial charge is 0.407 e. The van der Waals surface area contributed by atoms with Gasteiger partial charge < -0.3 is 15.0 Å². The van der Waals surface area contributed by atoms with E-state index in [0.29, 0.717) is 36.3 Å². The Labute approximate surface area is 214 Å². The standard InChI is InChI=1S/C29H26N4O4/c34-27-22-14-7-8-15-23(22)28(35)33(27)25(26-31-18-24(32-26)21-12-5-2-6-13-21)16-9-17-30-29(36)37-19-20-10-3-1-4-11-20/h1-8,10-15,18,25H,9,16-17,19H2,(H,30,36)(H,31,32)/t25-/m0/s1. The first kappa shape index (κ1) is 24.0. The van der Waals surface area contributed by atoms with Crippen LogP contribution in [0.1, 0.15) is 51.0 Å². The number of nitrogens with one attached hydrogen (secondary N) is 2. The van der Waals surface area contributed by atoms with Gasteiger partial charge in [0.1, 0.15) is 12.4 Å². The number of nitrogens with zero attached hydrogens (tertiary/aromatic N) is 2. The molecule has 0 fully saturated rings. The van der Waals surface area contributed by atoms with Crippen molar-refractivity contribution in [3.8, 4) is 11.3 Å². The van der Waals surface area contributed by atoms with Crippen molar-refractivity contribution in [1.29, 1.82) is 0 Å². The maximum Gasteiger partial charge on any atom is 0.407 e. The fourth-order valence-corrected chi connectivity index (χ4v) is 4.41. The topological polar surface area (TPSA) is 104 Å². The minimum atomic E-state index is -0.619. The molecule has 186 valence electrons. The average molecular weight is 495 g/mol. The highest BCUT2D eigenvalue weighted by molar-refractivity contribution is 6.21. The van der Waals surface area contributed by atoms with Crippen LogP contribution in [-0.4, -0.2) is 39.3 Å². The summed E-state index contributed by atoms with van der Waals surface area (Å²) in [7, 11) is 0. The van der Waals surface area contributed by atoms with E-state index in [4.69, 9.17) is 4.74 Å². The summed E-state index contributed by atoms with van der Waals surface area (Å²) < 4.78 is 5.26. The molecule has 8 nitrogen and oxygen atoms in total. The summed E-state index contributed by atoms with van der Waals surface area (Å²) in [6.07, 6.45) is 2.09. The molecule has 2 N–H and O–H groups in total. The first-order valence-electron chi connectivity index (χ1n) is 12.1. The second-order valence-electron chi connectivity index (χ2n) is 8.72. The summed E-state index contributed by atoms with van der Waals surface area (Å²) in [6.45, 7) is 0.499. The lowest BCUT2D eigenvalue weighted by Gasteiger charge is -2.24. The Morgan fingerprint density at radius 3 is 2.19 bits per heavy atom. The van der Waals surface area contributed by atoms with Gasteiger partial charge in [-0.1, -0.05) is 72.8 Å². The number of benzene rings is 3. The van der Waals surface area contributed by atoms with Crippen LogP contribution in [0.15, 0.2) is 91.1 Å². The zero-order valence-corrected chi connectivity index (χ0v) is 20.1. The van der Waals surface area contributed by atoms with E-state index in [1.807, 2.05) is 60.7 Å². The molecule has 2 heterocycles. The van der Waals surface area contributed by atoms with Crippen molar-refractivity contribution in [2.75, 3.05) is 6.54 Å². The number of hydrogen-bond acceptors (Lipinski definition) is 5. The predicted octanol–water partition coefficient (Wildman–Crippen LogP) is 5.12. The van der Waals surface area contributed by atoms with Gasteiger partial charge in [-0.05, 0) is 36.1 Å². The molecule has 0 spiro atoms. The average Bonchev–Trinajstić information content (AvgIpc) is 3.53. The molecule has 1 aromatic heterocycles. The Balaban J connectivity index is 1.28. The van der Waals surface area contributed by atoms with Gasteiger partial charge in [0, 0.05) is 6.54 Å². The molecule has 1 aliphatic heterocycles. The Morgan fingerprint density at radius 1 is 0.892 bits per heavy atom. The van der Waals surface area contributed by atoms with Gasteiger partial charge in [0.15, 0.2) is 0 Å². The van der Waals surface area contributed by atoms with Gasteiger partial charge in [0.05, 0.1) is 29.1 Å². The van der Waals surface area contributed by atoms with Gasteiger partial charge in [-0.15, -0.1) is 0 Å². The van der Waals surface area contributed by atoms with Gasteiger partial charge in [-0.25, -0.2) is 9.78 Å². The number of fused-ring (bicyclic) bond motifs is 1. The van der Waals surface area contributed by atoms with Crippen LogP contribution in [-0.2, 0) is 11.3 Å². The molecular formula is C29H26N4O4. The molecule has 8 heteroatoms. The third kappa shape index (κ3) is 5.28. The number of alkyl carbamates (subject to hydrolysis) is 1. The van der Waals surface area contributed by atoms with Gasteiger partial charge in [-0.2, -0.15) is 0 Å². The number of carbonyl (C=O) groups excluding carboxylic acids is 3. The van der Waals surface area contributed by atoms with Gasteiger partial charge in [0.2, 0.25) is 0 Å². The number of amides is 3. The number of carbonyl (C=O) groups is 3. The maximum absolute atomic E-state index is 13.2. The number of rotatable bonds is 9. The Morgan fingerprint density at radius 2 is 1.51 bits per heavy atom. The van der Waals surface area contributed by atoms with E-state index in [0.717, 1.165) is 16.8 Å². The SMILES string of the molecule is O=C(NCCC[C@@H](c1ncc(-c2ccccc2)[nH]1)N1C(=O)c2ccccc2C1=O)OCc1ccccc1. The van der Waals surface area contributed by atoms with Crippen LogP contribution in [0.3, 0.4) is 0 Å². The molecule has 0 saturated heterocycles. The molecular weight excluding hydrogens is 468 g/mol. The summed E-state index contributed by atoms with van der Waals surface area (Å²) in [5.41, 5.74) is 3.41. The van der Waals surface area contributed by atoms with Crippen LogP contribution in [0.5, 0.6) is 0 Å². The number of H-pyrrole nitrogens is 1. The van der Waals surface area contributed by atoms with Gasteiger partial charge >= 0.3 is 6.09 Å². The number of hydrogen-bond donors (Lipinski definition) is 2. The highest BCUT2D eigenvalue weighted by Gasteiger charge is 2.41. The van der Waals surface area contributed by atoms with E-state index in [1.165, 1.54) is 4.90 Å². The van der Waals surface area contributed by atoms with E-state index in [-0.39, 0.29) is 18.4 Å². The van der Waals surface area contributed by atoms with Crippen molar-refractivity contribution in [3.63, 3.8) is 0 Å². The molecule has 3 amide bonds. The van der Waals surface area contributed by atoms with Crippen molar-refractivity contribution in [2.24, 2.45) is 0 Å². The predicted molar refractivity (Wildman–Crippen MR) is 138 cm³/mol. The monoisotopic (exact) mass is 494 g/mol. The Bertz CT molecular complexity index is 1370. The molecule has 5 rings (SSSR count). The molecule has 0 bridgehead atoms. The normalized spacial score (nSPS) is 13.4. The highest BCUT2D eigenvalue weighted by Crippen LogP contribution is 2.33. The molecule has 3 aromatic carbocycles. The molecule has 0 radical (unpaired) electrons. The minimum absolute atomic E-state index is 0.180. The zero-order valence-electron chi connectivity index (χ0n) is 20.1. The lowest BCUT2D eigenvalue weighted by molar-refractivity contribution is 0.0564. The van der Waals surface area contributed by atoms with Crippen molar-refractivity contribution in [1.82, 2.24) is 20.2 Å². The molecule has 0 unspecified atom stereocenters. The number of aromatic amines is 1. The van der Waals surface area contributed by atoms with E-state index in [1.54, 1.807) is 30.5 Å². The van der Waals surface area contributed by atoms with E-state index in [9.17, 15) is 14.4 Å². The molecule has 0 aliphatic carbocycles. The second-order valence-corrected chi connectivity index (χ2v) is 8.72. The summed E-state index contributed by atoms with van der Waals surface area (Å²) in [5.74, 6) is -0.183. The quantitative estimate of drug-likeness (QED) is 0.248. The highest BCUT2D eigenvalue weighted by atomic mass is 16.5. The molecule has 1 atom stereocenters. The van der Waals surface area contributed by atoms with Crippen LogP contribution < -0.4 is 5.32 Å². The molecule has 0 saturated carbocycles. The van der Waals surface area contributed by atoms with Crippen molar-refractivity contribution in [2.45, 2.75) is 25.5 Å². The van der Waals surface area contributed by atoms with Crippen LogP contribution >= 0.6 is 0 Å². The van der Waals surface area contributed by atoms with Crippen LogP contribution in [0.4, 0.5) is 4.79 Å². The first-order valence-corrected chi connectivity index (χ1v) is 12.1. The number of ether oxygens (including phenoxy) is 1. The fourth-order valence-electron chi connectivity index (χ4n) is 4.41. The second kappa shape index (κ2) is 10.9. The largest absolute Gasteiger partial charge is 0.445 e. The number of imide groups is 1. The Kier molecular flexibility index (Phi) is 7.07. The fraction of sp³-hybridized carbons (Fsp3) is 0.172. The molecule has 1 aliphatic rings. The summed E-state index contributed by atoms with van der Waals surface area (Å²) in [4.78, 5) is 47.7. The summed E-state index contributed by atoms with van der Waals surface area (Å²) in [5, 5.41) is 2.74. The van der Waals surface area contributed by atoms with Gasteiger partial charge in [0.25, 0.3) is 11.8 Å². The third-order valence-electron chi connectivity index (χ3n) is 6.27. The molecule has 37 heavy (non-hydrogen) atoms. The van der Waals surface area contributed by atoms with E-state index < -0.39 is 12.1 Å². The van der Waals surface area contributed by atoms with Crippen molar-refractivity contribution in [3.05, 3.63) is 114 Å². The van der Waals surface area contributed by atoms with E-state index in [2.05, 4.69) is 15.3 Å². The summed E-state index contributed by atoms with van der Waals surface area (Å²) in [6, 6.07) is 25.3. The summed E-state index contributed by atoms with van der Waals surface area (Å²) >= 11 is 0. The lowest BCUT2D eigenvalue weighted by atomic mass is 10.1. The van der Waals surface area contributed by atoms with Crippen LogP contribution in [0.2, 0.25) is 0 Å². The number of aromatic nitrogens is 2. The zero-order chi connectivity index (χ0) is 25.6. The van der Waals surface area contributed by atoms with Crippen LogP contribution in [0, 0.1) is 0 Å². The number of imidazole rings is 1.